The minimum atomic E-state index is -3.68. The van der Waals surface area contributed by atoms with Gasteiger partial charge in [-0.1, -0.05) is 30.9 Å². The third-order valence-electron chi connectivity index (χ3n) is 8.49. The molecule has 4 aliphatic heterocycles. The molecule has 1 atom stereocenters. The van der Waals surface area contributed by atoms with Crippen molar-refractivity contribution in [1.82, 2.24) is 24.5 Å². The van der Waals surface area contributed by atoms with Crippen LogP contribution >= 0.6 is 0 Å². The molecule has 1 amide bonds. The van der Waals surface area contributed by atoms with Crippen LogP contribution in [-0.4, -0.2) is 118 Å². The van der Waals surface area contributed by atoms with Crippen LogP contribution in [0.5, 0.6) is 0 Å². The van der Waals surface area contributed by atoms with Gasteiger partial charge in [-0.15, -0.1) is 0 Å². The highest BCUT2D eigenvalue weighted by atomic mass is 32.2. The first kappa shape index (κ1) is 26.6. The normalized spacial score (nSPS) is 23.6. The van der Waals surface area contributed by atoms with Gasteiger partial charge in [0.1, 0.15) is 0 Å². The second kappa shape index (κ2) is 10.8. The first-order valence-corrected chi connectivity index (χ1v) is 15.5. The molecule has 1 aromatic heterocycles. The molecule has 4 aliphatic rings. The van der Waals surface area contributed by atoms with Crippen molar-refractivity contribution < 1.29 is 22.7 Å². The molecule has 3 fully saturated rings. The molecule has 0 spiro atoms. The van der Waals surface area contributed by atoms with E-state index in [-0.39, 0.29) is 28.3 Å². The lowest BCUT2D eigenvalue weighted by atomic mass is 10.0. The van der Waals surface area contributed by atoms with Gasteiger partial charge in [-0.2, -0.15) is 5.10 Å². The maximum absolute atomic E-state index is 13.7. The highest BCUT2D eigenvalue weighted by Crippen LogP contribution is 2.43. The Balaban J connectivity index is 1.36. The van der Waals surface area contributed by atoms with Crippen molar-refractivity contribution >= 4 is 21.8 Å². The molecule has 0 saturated carbocycles. The number of hydrogen-bond donors (Lipinski definition) is 0. The molecule has 0 aliphatic carbocycles. The Labute approximate surface area is 230 Å². The van der Waals surface area contributed by atoms with Crippen LogP contribution < -0.4 is 0 Å². The summed E-state index contributed by atoms with van der Waals surface area (Å²) in [5, 5.41) is 4.93. The SMILES string of the molecule is C=Cc1cccc2c1S(=O)(=O)Cc1c(C(=O)N3CCOCC3)nn([C@H]3CCCN(CCN4CC(OC)C4)C3)c1-2. The summed E-state index contributed by atoms with van der Waals surface area (Å²) in [7, 11) is -1.92. The van der Waals surface area contributed by atoms with E-state index < -0.39 is 9.84 Å². The van der Waals surface area contributed by atoms with E-state index in [1.165, 1.54) is 0 Å². The molecule has 0 unspecified atom stereocenters. The van der Waals surface area contributed by atoms with E-state index in [2.05, 4.69) is 16.4 Å². The zero-order valence-corrected chi connectivity index (χ0v) is 23.4. The van der Waals surface area contributed by atoms with Crippen molar-refractivity contribution in [3.8, 4) is 11.3 Å². The highest BCUT2D eigenvalue weighted by molar-refractivity contribution is 7.91. The van der Waals surface area contributed by atoms with E-state index in [1.807, 2.05) is 16.8 Å². The average molecular weight is 556 g/mol. The number of fused-ring (bicyclic) bond motifs is 3. The fourth-order valence-electron chi connectivity index (χ4n) is 6.33. The van der Waals surface area contributed by atoms with Gasteiger partial charge in [-0.25, -0.2) is 8.42 Å². The summed E-state index contributed by atoms with van der Waals surface area (Å²) in [6.07, 6.45) is 3.88. The minimum Gasteiger partial charge on any atom is -0.379 e. The lowest BCUT2D eigenvalue weighted by Gasteiger charge is -2.40. The van der Waals surface area contributed by atoms with E-state index in [0.29, 0.717) is 49.1 Å². The second-order valence-corrected chi connectivity index (χ2v) is 12.9. The van der Waals surface area contributed by atoms with Crippen molar-refractivity contribution in [1.29, 1.82) is 0 Å². The minimum absolute atomic E-state index is 0.0443. The number of rotatable bonds is 7. The van der Waals surface area contributed by atoms with Crippen molar-refractivity contribution in [2.24, 2.45) is 0 Å². The van der Waals surface area contributed by atoms with Gasteiger partial charge in [0.05, 0.1) is 41.7 Å². The van der Waals surface area contributed by atoms with Gasteiger partial charge < -0.3 is 14.4 Å². The molecule has 39 heavy (non-hydrogen) atoms. The lowest BCUT2D eigenvalue weighted by Crippen LogP contribution is -2.54. The van der Waals surface area contributed by atoms with Gasteiger partial charge in [-0.05, 0) is 24.9 Å². The van der Waals surface area contributed by atoms with Crippen molar-refractivity contribution in [2.45, 2.75) is 35.6 Å². The van der Waals surface area contributed by atoms with Crippen LogP contribution in [0.3, 0.4) is 0 Å². The molecule has 210 valence electrons. The molecule has 1 aromatic carbocycles. The smallest absolute Gasteiger partial charge is 0.274 e. The van der Waals surface area contributed by atoms with Crippen LogP contribution in [0, 0.1) is 0 Å². The summed E-state index contributed by atoms with van der Waals surface area (Å²) < 4.78 is 40.0. The molecule has 3 saturated heterocycles. The van der Waals surface area contributed by atoms with Crippen LogP contribution in [0.2, 0.25) is 0 Å². The summed E-state index contributed by atoms with van der Waals surface area (Å²) in [6.45, 7) is 11.5. The molecule has 2 aromatic rings. The molecule has 0 radical (unpaired) electrons. The summed E-state index contributed by atoms with van der Waals surface area (Å²) in [5.74, 6) is -0.456. The van der Waals surface area contributed by atoms with Crippen LogP contribution in [0.25, 0.3) is 17.3 Å². The summed E-state index contributed by atoms with van der Waals surface area (Å²) in [6, 6.07) is 5.52. The number of ether oxygens (including phenoxy) is 2. The third-order valence-corrected chi connectivity index (χ3v) is 10.2. The summed E-state index contributed by atoms with van der Waals surface area (Å²) in [4.78, 5) is 20.6. The second-order valence-electron chi connectivity index (χ2n) is 10.9. The largest absolute Gasteiger partial charge is 0.379 e. The maximum atomic E-state index is 13.7. The van der Waals surface area contributed by atoms with Gasteiger partial charge >= 0.3 is 0 Å². The van der Waals surface area contributed by atoms with Crippen LogP contribution in [0.4, 0.5) is 0 Å². The first-order chi connectivity index (χ1) is 18.9. The van der Waals surface area contributed by atoms with Crippen LogP contribution in [-0.2, 0) is 25.1 Å². The molecule has 0 N–H and O–H groups in total. The van der Waals surface area contributed by atoms with Crippen LogP contribution in [0.1, 0.15) is 40.5 Å². The summed E-state index contributed by atoms with van der Waals surface area (Å²) >= 11 is 0. The number of nitrogens with zero attached hydrogens (tertiary/aromatic N) is 5. The van der Waals surface area contributed by atoms with E-state index in [9.17, 15) is 13.2 Å². The van der Waals surface area contributed by atoms with Gasteiger partial charge in [0, 0.05) is 64.0 Å². The molecular formula is C28H37N5O5S. The highest BCUT2D eigenvalue weighted by Gasteiger charge is 2.40. The van der Waals surface area contributed by atoms with Crippen molar-refractivity contribution in [2.75, 3.05) is 72.7 Å². The monoisotopic (exact) mass is 555 g/mol. The fourth-order valence-corrected chi connectivity index (χ4v) is 8.13. The van der Waals surface area contributed by atoms with E-state index in [0.717, 1.165) is 57.8 Å². The van der Waals surface area contributed by atoms with E-state index >= 15 is 0 Å². The van der Waals surface area contributed by atoms with Gasteiger partial charge in [-0.3, -0.25) is 19.3 Å². The Bertz CT molecular complexity index is 1360. The van der Waals surface area contributed by atoms with E-state index in [4.69, 9.17) is 14.6 Å². The van der Waals surface area contributed by atoms with Crippen LogP contribution in [0.15, 0.2) is 29.7 Å². The Kier molecular flexibility index (Phi) is 7.36. The molecule has 0 bridgehead atoms. The topological polar surface area (TPSA) is 97.2 Å². The number of aromatic nitrogens is 2. The Morgan fingerprint density at radius 1 is 1.15 bits per heavy atom. The quantitative estimate of drug-likeness (QED) is 0.511. The third kappa shape index (κ3) is 4.95. The number of amides is 1. The number of carbonyl (C=O) groups excluding carboxylic acids is 1. The Morgan fingerprint density at radius 3 is 2.67 bits per heavy atom. The van der Waals surface area contributed by atoms with E-state index in [1.54, 1.807) is 24.2 Å². The number of sulfone groups is 1. The number of piperidine rings is 1. The first-order valence-electron chi connectivity index (χ1n) is 13.8. The number of morpholine rings is 1. The molecule has 11 heteroatoms. The average Bonchev–Trinajstić information content (AvgIpc) is 3.31. The number of likely N-dealkylation sites (tertiary alicyclic amines) is 2. The molecule has 5 heterocycles. The zero-order valence-electron chi connectivity index (χ0n) is 22.5. The molecular weight excluding hydrogens is 518 g/mol. The van der Waals surface area contributed by atoms with Crippen molar-refractivity contribution in [3.63, 3.8) is 0 Å². The number of benzene rings is 1. The Hall–Kier alpha value is -2.57. The van der Waals surface area contributed by atoms with Gasteiger partial charge in [0.15, 0.2) is 15.5 Å². The number of carbonyl (C=O) groups is 1. The van der Waals surface area contributed by atoms with Gasteiger partial charge in [0.25, 0.3) is 5.91 Å². The number of hydrogen-bond acceptors (Lipinski definition) is 8. The summed E-state index contributed by atoms with van der Waals surface area (Å²) in [5.41, 5.74) is 2.74. The molecule has 6 rings (SSSR count). The maximum Gasteiger partial charge on any atom is 0.274 e. The lowest BCUT2D eigenvalue weighted by molar-refractivity contribution is -0.0334. The molecule has 10 nitrogen and oxygen atoms in total. The number of methoxy groups -OCH3 is 1. The Morgan fingerprint density at radius 2 is 1.92 bits per heavy atom. The fraction of sp³-hybridized carbons (Fsp3) is 0.571. The zero-order chi connectivity index (χ0) is 27.1. The predicted molar refractivity (Wildman–Crippen MR) is 147 cm³/mol. The predicted octanol–water partition coefficient (Wildman–Crippen LogP) is 1.92. The van der Waals surface area contributed by atoms with Crippen molar-refractivity contribution in [3.05, 3.63) is 41.6 Å². The standard InChI is InChI=1S/C28H37N5O5S/c1-3-20-6-4-8-23-26-24(19-39(35,36)27(20)23)25(28(34)32-12-14-38-15-13-32)29-33(26)21-7-5-9-30(16-21)10-11-31-17-22(18-31)37-2/h3-4,6,8,21-22H,1,5,7,9-19H2,2H3/t21-/m0/s1. The van der Waals surface area contributed by atoms with Gasteiger partial charge in [0.2, 0.25) is 0 Å².